The number of aliphatic carboxylic acids is 1. The number of nitrogen functional groups attached to an aromatic ring is 1. The third kappa shape index (κ3) is 10.6. The van der Waals surface area contributed by atoms with E-state index in [0.29, 0.717) is 52.4 Å². The Kier molecular flexibility index (Phi) is 13.3. The summed E-state index contributed by atoms with van der Waals surface area (Å²) in [6, 6.07) is 35.7. The lowest BCUT2D eigenvalue weighted by atomic mass is 9.53. The number of rotatable bonds is 7. The van der Waals surface area contributed by atoms with Gasteiger partial charge in [-0.2, -0.15) is 0 Å². The van der Waals surface area contributed by atoms with Crippen LogP contribution in [0, 0.1) is 22.7 Å². The second-order valence-electron chi connectivity index (χ2n) is 18.3. The Labute approximate surface area is 369 Å². The number of nitrogens with two attached hydrogens (primary N) is 1. The Morgan fingerprint density at radius 1 is 0.607 bits per heavy atom. The van der Waals surface area contributed by atoms with Crippen LogP contribution >= 0.6 is 23.2 Å². The van der Waals surface area contributed by atoms with Crippen molar-refractivity contribution in [2.75, 3.05) is 11.1 Å². The molecule has 61 heavy (non-hydrogen) atoms. The minimum Gasteiger partial charge on any atom is -0.481 e. The molecular weight excluding hydrogens is 800 g/mol. The second-order valence-corrected chi connectivity index (χ2v) is 19.2. The number of halogens is 2. The Morgan fingerprint density at radius 3 is 1.48 bits per heavy atom. The van der Waals surface area contributed by atoms with Crippen LogP contribution in [0.4, 0.5) is 11.4 Å². The number of hydrogen-bond donors (Lipinski definition) is 3. The van der Waals surface area contributed by atoms with Crippen LogP contribution in [-0.2, 0) is 9.59 Å². The van der Waals surface area contributed by atoms with Crippen LogP contribution in [-0.4, -0.2) is 27.0 Å². The van der Waals surface area contributed by atoms with Crippen molar-refractivity contribution < 1.29 is 14.7 Å². The average Bonchev–Trinajstić information content (AvgIpc) is 3.25. The normalized spacial score (nSPS) is 25.3. The molecule has 10 rings (SSSR count). The summed E-state index contributed by atoms with van der Waals surface area (Å²) in [7, 11) is 0. The number of nitrogens with zero attached hydrogens (tertiary/aromatic N) is 2. The molecule has 0 unspecified atom stereocenters. The van der Waals surface area contributed by atoms with Gasteiger partial charge < -0.3 is 16.2 Å². The van der Waals surface area contributed by atoms with E-state index < -0.39 is 5.97 Å². The quantitative estimate of drug-likeness (QED) is 0.138. The van der Waals surface area contributed by atoms with Crippen molar-refractivity contribution in [3.63, 3.8) is 0 Å². The molecule has 2 aromatic heterocycles. The van der Waals surface area contributed by atoms with Gasteiger partial charge in [-0.15, -0.1) is 0 Å². The first-order valence-electron chi connectivity index (χ1n) is 22.0. The molecule has 316 valence electrons. The molecule has 1 amide bonds. The second kappa shape index (κ2) is 19.0. The number of nitrogens with one attached hydrogen (secondary N) is 1. The molecule has 0 bridgehead atoms. The number of fused-ring (bicyclic) bond motifs is 2. The highest BCUT2D eigenvalue weighted by Crippen LogP contribution is 2.59. The maximum Gasteiger partial charge on any atom is 0.303 e. The van der Waals surface area contributed by atoms with Crippen LogP contribution in [0.15, 0.2) is 122 Å². The Bertz CT molecular complexity index is 2390. The summed E-state index contributed by atoms with van der Waals surface area (Å²) in [5.41, 5.74) is 13.0. The van der Waals surface area contributed by atoms with Crippen LogP contribution < -0.4 is 11.1 Å². The summed E-state index contributed by atoms with van der Waals surface area (Å²) in [6.07, 6.45) is 19.6. The van der Waals surface area contributed by atoms with Crippen molar-refractivity contribution in [2.24, 2.45) is 22.7 Å². The summed E-state index contributed by atoms with van der Waals surface area (Å²) in [4.78, 5) is 32.2. The lowest BCUT2D eigenvalue weighted by molar-refractivity contribution is -0.140. The highest BCUT2D eigenvalue weighted by Gasteiger charge is 2.47. The smallest absolute Gasteiger partial charge is 0.303 e. The highest BCUT2D eigenvalue weighted by atomic mass is 35.5. The Morgan fingerprint density at radius 2 is 1.03 bits per heavy atom. The standard InChI is InChI=1S/C26H27ClN2O.C20H23NO2.C6H6ClN/c27-20-5-7-21(8-6-20)29-25(30)15-18-16-26(17-18)12-9-19(10-13-26)22-11-14-28-24-4-2-1-3-23(22)24;22-19(23)11-14-12-20(13-14)8-5-15(6-9-20)16-7-10-21-18-4-2-1-3-17(16)18;7-5-1-3-6(8)4-2-5/h1-8,11,14,18-19H,9-10,12-13,15-17H2,(H,29,30);1-4,7,10,14-15H,5-6,8-9,11-13H2,(H,22,23);1-4H,8H2. The molecule has 0 atom stereocenters. The number of anilines is 2. The maximum absolute atomic E-state index is 12.4. The summed E-state index contributed by atoms with van der Waals surface area (Å²) in [5.74, 6) is 1.69. The van der Waals surface area contributed by atoms with E-state index in [2.05, 4.69) is 69.9 Å². The predicted molar refractivity (Wildman–Crippen MR) is 249 cm³/mol. The minimum absolute atomic E-state index is 0.120. The molecule has 4 saturated carbocycles. The molecular formula is C52H56Cl2N4O3. The van der Waals surface area contributed by atoms with Gasteiger partial charge in [-0.3, -0.25) is 19.6 Å². The number of pyridine rings is 2. The van der Waals surface area contributed by atoms with Gasteiger partial charge in [0.1, 0.15) is 0 Å². The first kappa shape index (κ1) is 42.7. The maximum atomic E-state index is 12.4. The van der Waals surface area contributed by atoms with Gasteiger partial charge in [-0.1, -0.05) is 59.6 Å². The van der Waals surface area contributed by atoms with Crippen LogP contribution in [0.3, 0.4) is 0 Å². The summed E-state index contributed by atoms with van der Waals surface area (Å²) < 4.78 is 0. The molecule has 2 spiro atoms. The molecule has 9 heteroatoms. The molecule has 4 fully saturated rings. The molecule has 7 nitrogen and oxygen atoms in total. The van der Waals surface area contributed by atoms with E-state index >= 15 is 0 Å². The van der Waals surface area contributed by atoms with Crippen LogP contribution in [0.5, 0.6) is 0 Å². The van der Waals surface area contributed by atoms with Gasteiger partial charge in [-0.25, -0.2) is 0 Å². The fourth-order valence-electron chi connectivity index (χ4n) is 11.2. The molecule has 6 aromatic rings. The molecule has 0 aliphatic heterocycles. The third-order valence-corrected chi connectivity index (χ3v) is 14.7. The van der Waals surface area contributed by atoms with Gasteiger partial charge in [0.2, 0.25) is 5.91 Å². The first-order chi connectivity index (χ1) is 29.5. The van der Waals surface area contributed by atoms with E-state index in [-0.39, 0.29) is 5.91 Å². The van der Waals surface area contributed by atoms with Crippen molar-refractivity contribution in [2.45, 2.75) is 102 Å². The number of carboxylic acid groups (broad SMARTS) is 1. The largest absolute Gasteiger partial charge is 0.481 e. The van der Waals surface area contributed by atoms with Crippen LogP contribution in [0.2, 0.25) is 10.0 Å². The number of carbonyl (C=O) groups is 2. The van der Waals surface area contributed by atoms with E-state index in [1.807, 2.05) is 30.6 Å². The molecule has 2 heterocycles. The lowest BCUT2D eigenvalue weighted by Gasteiger charge is -2.52. The van der Waals surface area contributed by atoms with E-state index in [4.69, 9.17) is 34.0 Å². The summed E-state index contributed by atoms with van der Waals surface area (Å²) in [6.45, 7) is 0. The van der Waals surface area contributed by atoms with Crippen molar-refractivity contribution in [1.29, 1.82) is 0 Å². The zero-order valence-corrected chi connectivity index (χ0v) is 36.3. The number of para-hydroxylation sites is 2. The number of amides is 1. The third-order valence-electron chi connectivity index (χ3n) is 14.2. The molecule has 4 aliphatic rings. The lowest BCUT2D eigenvalue weighted by Crippen LogP contribution is -2.41. The van der Waals surface area contributed by atoms with Crippen molar-refractivity contribution >= 4 is 68.3 Å². The van der Waals surface area contributed by atoms with E-state index in [1.54, 1.807) is 36.4 Å². The van der Waals surface area contributed by atoms with Gasteiger partial charge >= 0.3 is 5.97 Å². The highest BCUT2D eigenvalue weighted by molar-refractivity contribution is 6.30. The van der Waals surface area contributed by atoms with Crippen LogP contribution in [0.25, 0.3) is 21.8 Å². The zero-order valence-electron chi connectivity index (χ0n) is 34.7. The van der Waals surface area contributed by atoms with Gasteiger partial charge in [0, 0.05) is 57.4 Å². The Hall–Kier alpha value is -4.98. The summed E-state index contributed by atoms with van der Waals surface area (Å²) >= 11 is 11.5. The molecule has 0 saturated heterocycles. The molecule has 4 N–H and O–H groups in total. The molecule has 4 aliphatic carbocycles. The zero-order chi connectivity index (χ0) is 42.4. The van der Waals surface area contributed by atoms with Crippen molar-refractivity contribution in [3.8, 4) is 0 Å². The first-order valence-corrected chi connectivity index (χ1v) is 22.8. The van der Waals surface area contributed by atoms with Gasteiger partial charge in [0.15, 0.2) is 0 Å². The van der Waals surface area contributed by atoms with Crippen molar-refractivity contribution in [1.82, 2.24) is 9.97 Å². The number of carbonyl (C=O) groups excluding carboxylic acids is 1. The van der Waals surface area contributed by atoms with Crippen LogP contribution in [0.1, 0.15) is 113 Å². The SMILES string of the molecule is Nc1ccc(Cl)cc1.O=C(CC1CC2(CCC(c3ccnc4ccccc34)CC2)C1)Nc1ccc(Cl)cc1.O=C(O)CC1CC2(CCC(c3ccnc4ccccc34)CC2)C1. The Balaban J connectivity index is 0.000000146. The molecule has 0 radical (unpaired) electrons. The van der Waals surface area contributed by atoms with Crippen molar-refractivity contribution in [3.05, 3.63) is 143 Å². The minimum atomic E-state index is -0.637. The topological polar surface area (TPSA) is 118 Å². The monoisotopic (exact) mass is 854 g/mol. The molecule has 4 aromatic carbocycles. The predicted octanol–water partition coefficient (Wildman–Crippen LogP) is 13.7. The summed E-state index contributed by atoms with van der Waals surface area (Å²) in [5, 5.41) is 15.9. The fourth-order valence-corrected chi connectivity index (χ4v) is 11.4. The number of carboxylic acids is 1. The van der Waals surface area contributed by atoms with E-state index in [0.717, 1.165) is 40.3 Å². The van der Waals surface area contributed by atoms with Gasteiger partial charge in [0.05, 0.1) is 11.0 Å². The van der Waals surface area contributed by atoms with Gasteiger partial charge in [-0.05, 0) is 195 Å². The number of benzene rings is 4. The fraction of sp³-hybridized carbons (Fsp3) is 0.385. The van der Waals surface area contributed by atoms with E-state index in [9.17, 15) is 9.59 Å². The van der Waals surface area contributed by atoms with Gasteiger partial charge in [0.25, 0.3) is 0 Å². The average molecular weight is 856 g/mol. The number of aromatic nitrogens is 2. The van der Waals surface area contributed by atoms with E-state index in [1.165, 1.54) is 86.1 Å². The number of hydrogen-bond acceptors (Lipinski definition) is 5.